The molecule has 0 bridgehead atoms. The number of aromatic nitrogens is 4. The average molecular weight is 342 g/mol. The van der Waals surface area contributed by atoms with E-state index in [0.717, 1.165) is 25.1 Å². The van der Waals surface area contributed by atoms with Crippen molar-refractivity contribution in [3.63, 3.8) is 0 Å². The lowest BCUT2D eigenvalue weighted by Crippen LogP contribution is -2.29. The molecule has 132 valence electrons. The minimum atomic E-state index is -0.0490. The van der Waals surface area contributed by atoms with Crippen molar-refractivity contribution >= 4 is 11.8 Å². The van der Waals surface area contributed by atoms with E-state index in [0.29, 0.717) is 25.2 Å². The summed E-state index contributed by atoms with van der Waals surface area (Å²) in [4.78, 5) is 38.2. The van der Waals surface area contributed by atoms with Gasteiger partial charge in [0.05, 0.1) is 42.7 Å². The average Bonchev–Trinajstić information content (AvgIpc) is 3.29. The van der Waals surface area contributed by atoms with Gasteiger partial charge in [0, 0.05) is 38.8 Å². The van der Waals surface area contributed by atoms with Crippen LogP contribution in [-0.2, 0) is 22.7 Å². The van der Waals surface area contributed by atoms with Crippen molar-refractivity contribution in [2.24, 2.45) is 0 Å². The Bertz CT molecular complexity index is 730. The van der Waals surface area contributed by atoms with Gasteiger partial charge in [-0.1, -0.05) is 0 Å². The van der Waals surface area contributed by atoms with E-state index in [9.17, 15) is 9.59 Å². The number of rotatable bonds is 6. The number of likely N-dealkylation sites (tertiary alicyclic amines) is 1. The van der Waals surface area contributed by atoms with Gasteiger partial charge in [-0.05, 0) is 12.8 Å². The largest absolute Gasteiger partial charge is 0.350 e. The van der Waals surface area contributed by atoms with Gasteiger partial charge in [0.15, 0.2) is 0 Å². The lowest BCUT2D eigenvalue weighted by Gasteiger charge is -2.22. The SMILES string of the molecule is CC(=O)N1CCC[C@H]1c1cncc(CNC(=O)CCn2ccnc2)n1. The molecular formula is C17H22N6O2. The number of nitrogens with one attached hydrogen (secondary N) is 1. The number of hydrogen-bond donors (Lipinski definition) is 1. The summed E-state index contributed by atoms with van der Waals surface area (Å²) in [5.41, 5.74) is 1.49. The predicted octanol–water partition coefficient (Wildman–Crippen LogP) is 1.06. The number of carbonyl (C=O) groups is 2. The fourth-order valence-corrected chi connectivity index (χ4v) is 3.05. The number of aryl methyl sites for hydroxylation is 1. The molecule has 0 aliphatic carbocycles. The third-order valence-electron chi connectivity index (χ3n) is 4.32. The minimum Gasteiger partial charge on any atom is -0.350 e. The second kappa shape index (κ2) is 7.87. The molecule has 0 aromatic carbocycles. The first kappa shape index (κ1) is 17.1. The van der Waals surface area contributed by atoms with E-state index in [1.54, 1.807) is 31.8 Å². The number of amides is 2. The maximum atomic E-state index is 11.9. The molecule has 2 amide bonds. The van der Waals surface area contributed by atoms with Gasteiger partial charge in [0.2, 0.25) is 11.8 Å². The Morgan fingerprint density at radius 1 is 1.32 bits per heavy atom. The van der Waals surface area contributed by atoms with Crippen LogP contribution in [0.4, 0.5) is 0 Å². The molecule has 8 nitrogen and oxygen atoms in total. The Labute approximate surface area is 146 Å². The highest BCUT2D eigenvalue weighted by atomic mass is 16.2. The number of hydrogen-bond acceptors (Lipinski definition) is 5. The molecule has 3 rings (SSSR count). The van der Waals surface area contributed by atoms with Crippen molar-refractivity contribution in [1.29, 1.82) is 0 Å². The van der Waals surface area contributed by atoms with Crippen LogP contribution < -0.4 is 5.32 Å². The Morgan fingerprint density at radius 2 is 2.20 bits per heavy atom. The van der Waals surface area contributed by atoms with Crippen LogP contribution in [0.25, 0.3) is 0 Å². The van der Waals surface area contributed by atoms with Crippen molar-refractivity contribution in [1.82, 2.24) is 29.7 Å². The maximum Gasteiger partial charge on any atom is 0.222 e. The van der Waals surface area contributed by atoms with Gasteiger partial charge in [-0.25, -0.2) is 4.98 Å². The van der Waals surface area contributed by atoms with Crippen LogP contribution >= 0.6 is 0 Å². The van der Waals surface area contributed by atoms with E-state index >= 15 is 0 Å². The molecule has 1 aliphatic heterocycles. The molecule has 1 N–H and O–H groups in total. The van der Waals surface area contributed by atoms with Gasteiger partial charge in [-0.15, -0.1) is 0 Å². The van der Waals surface area contributed by atoms with E-state index in [4.69, 9.17) is 0 Å². The number of carbonyl (C=O) groups excluding carboxylic acids is 2. The molecule has 0 saturated carbocycles. The Hall–Kier alpha value is -2.77. The van der Waals surface area contributed by atoms with Crippen LogP contribution in [0.5, 0.6) is 0 Å². The zero-order valence-electron chi connectivity index (χ0n) is 14.3. The molecule has 3 heterocycles. The zero-order valence-corrected chi connectivity index (χ0v) is 14.3. The van der Waals surface area contributed by atoms with E-state index in [-0.39, 0.29) is 17.9 Å². The van der Waals surface area contributed by atoms with Crippen molar-refractivity contribution in [3.05, 3.63) is 42.5 Å². The monoisotopic (exact) mass is 342 g/mol. The summed E-state index contributed by atoms with van der Waals surface area (Å²) in [5, 5.41) is 2.86. The van der Waals surface area contributed by atoms with Crippen LogP contribution in [-0.4, -0.2) is 42.8 Å². The first-order valence-corrected chi connectivity index (χ1v) is 8.44. The predicted molar refractivity (Wildman–Crippen MR) is 90.1 cm³/mol. The third kappa shape index (κ3) is 4.40. The molecular weight excluding hydrogens is 320 g/mol. The van der Waals surface area contributed by atoms with E-state index in [2.05, 4.69) is 20.3 Å². The lowest BCUT2D eigenvalue weighted by molar-refractivity contribution is -0.129. The zero-order chi connectivity index (χ0) is 17.6. The lowest BCUT2D eigenvalue weighted by atomic mass is 10.1. The van der Waals surface area contributed by atoms with Gasteiger partial charge in [0.1, 0.15) is 0 Å². The van der Waals surface area contributed by atoms with Gasteiger partial charge < -0.3 is 14.8 Å². The standard InChI is InChI=1S/C17H22N6O2/c1-13(24)23-6-2-3-16(23)15-11-19-9-14(21-15)10-20-17(25)4-7-22-8-5-18-12-22/h5,8-9,11-12,16H,2-4,6-7,10H2,1H3,(H,20,25)/t16-/m0/s1. The van der Waals surface area contributed by atoms with Gasteiger partial charge >= 0.3 is 0 Å². The van der Waals surface area contributed by atoms with Crippen molar-refractivity contribution in [2.45, 2.75) is 45.3 Å². The first-order valence-electron chi connectivity index (χ1n) is 8.44. The Kier molecular flexibility index (Phi) is 5.37. The van der Waals surface area contributed by atoms with Gasteiger partial charge in [-0.2, -0.15) is 0 Å². The molecule has 2 aromatic rings. The number of nitrogens with zero attached hydrogens (tertiary/aromatic N) is 5. The molecule has 25 heavy (non-hydrogen) atoms. The summed E-state index contributed by atoms with van der Waals surface area (Å²) < 4.78 is 1.86. The van der Waals surface area contributed by atoms with Crippen LogP contribution in [0.3, 0.4) is 0 Å². The third-order valence-corrected chi connectivity index (χ3v) is 4.32. The molecule has 8 heteroatoms. The van der Waals surface area contributed by atoms with E-state index < -0.39 is 0 Å². The van der Waals surface area contributed by atoms with Crippen molar-refractivity contribution in [2.75, 3.05) is 6.54 Å². The molecule has 2 aromatic heterocycles. The Morgan fingerprint density at radius 3 is 2.96 bits per heavy atom. The summed E-state index contributed by atoms with van der Waals surface area (Å²) in [6.07, 6.45) is 10.8. The van der Waals surface area contributed by atoms with Crippen molar-refractivity contribution in [3.8, 4) is 0 Å². The van der Waals surface area contributed by atoms with Crippen LogP contribution in [0.15, 0.2) is 31.1 Å². The van der Waals surface area contributed by atoms with Crippen LogP contribution in [0.2, 0.25) is 0 Å². The smallest absolute Gasteiger partial charge is 0.222 e. The summed E-state index contributed by atoms with van der Waals surface area (Å²) in [7, 11) is 0. The Balaban J connectivity index is 1.54. The fourth-order valence-electron chi connectivity index (χ4n) is 3.05. The van der Waals surface area contributed by atoms with E-state index in [1.165, 1.54) is 0 Å². The van der Waals surface area contributed by atoms with Crippen molar-refractivity contribution < 1.29 is 9.59 Å². The second-order valence-electron chi connectivity index (χ2n) is 6.13. The van der Waals surface area contributed by atoms with Gasteiger partial charge in [0.25, 0.3) is 0 Å². The molecule has 1 aliphatic rings. The molecule has 0 radical (unpaired) electrons. The quantitative estimate of drug-likeness (QED) is 0.847. The topological polar surface area (TPSA) is 93.0 Å². The molecule has 1 atom stereocenters. The van der Waals surface area contributed by atoms with Gasteiger partial charge in [-0.3, -0.25) is 19.6 Å². The minimum absolute atomic E-state index is 0.0121. The highest BCUT2D eigenvalue weighted by Crippen LogP contribution is 2.30. The molecule has 0 spiro atoms. The molecule has 1 fully saturated rings. The van der Waals surface area contributed by atoms with Crippen LogP contribution in [0.1, 0.15) is 43.6 Å². The molecule has 1 saturated heterocycles. The highest BCUT2D eigenvalue weighted by molar-refractivity contribution is 5.75. The second-order valence-corrected chi connectivity index (χ2v) is 6.13. The summed E-state index contributed by atoms with van der Waals surface area (Å²) in [5.74, 6) is 0.00893. The first-order chi connectivity index (χ1) is 12.1. The summed E-state index contributed by atoms with van der Waals surface area (Å²) in [6.45, 7) is 3.26. The maximum absolute atomic E-state index is 11.9. The normalized spacial score (nSPS) is 16.8. The highest BCUT2D eigenvalue weighted by Gasteiger charge is 2.29. The number of imidazole rings is 1. The van der Waals surface area contributed by atoms with E-state index in [1.807, 2.05) is 15.7 Å². The summed E-state index contributed by atoms with van der Waals surface area (Å²) in [6, 6.07) is -0.0121. The fraction of sp³-hybridized carbons (Fsp3) is 0.471. The molecule has 0 unspecified atom stereocenters. The van der Waals surface area contributed by atoms with Crippen LogP contribution in [0, 0.1) is 0 Å². The summed E-state index contributed by atoms with van der Waals surface area (Å²) >= 11 is 0.